The minimum atomic E-state index is 0. The molecule has 0 amide bonds. The van der Waals surface area contributed by atoms with E-state index in [1.54, 1.807) is 19.7 Å². The molecule has 8 heteroatoms. The van der Waals surface area contributed by atoms with Gasteiger partial charge in [-0.1, -0.05) is 24.3 Å². The quantitative estimate of drug-likeness (QED) is 0.394. The van der Waals surface area contributed by atoms with E-state index in [0.717, 1.165) is 45.0 Å². The summed E-state index contributed by atoms with van der Waals surface area (Å²) in [5, 5.41) is 10.8. The van der Waals surface area contributed by atoms with Crippen molar-refractivity contribution in [2.45, 2.75) is 32.0 Å². The SMILES string of the molecule is CN=C(NCc1cccc(Cn2cncn2)c1)NCC1CCCO1.I. The van der Waals surface area contributed by atoms with Crippen molar-refractivity contribution in [3.63, 3.8) is 0 Å². The highest BCUT2D eigenvalue weighted by Gasteiger charge is 2.15. The summed E-state index contributed by atoms with van der Waals surface area (Å²) >= 11 is 0. The Labute approximate surface area is 165 Å². The molecule has 1 aliphatic heterocycles. The Hall–Kier alpha value is -1.68. The fourth-order valence-corrected chi connectivity index (χ4v) is 2.76. The number of hydrogen-bond donors (Lipinski definition) is 2. The monoisotopic (exact) mass is 456 g/mol. The van der Waals surface area contributed by atoms with E-state index in [2.05, 4.69) is 50.0 Å². The van der Waals surface area contributed by atoms with Crippen LogP contribution in [0.4, 0.5) is 0 Å². The number of aromatic nitrogens is 3. The highest BCUT2D eigenvalue weighted by molar-refractivity contribution is 14.0. The first-order valence-corrected chi connectivity index (χ1v) is 8.30. The summed E-state index contributed by atoms with van der Waals surface area (Å²) in [6.45, 7) is 3.11. The van der Waals surface area contributed by atoms with Crippen LogP contribution in [0.1, 0.15) is 24.0 Å². The summed E-state index contributed by atoms with van der Waals surface area (Å²) in [6.07, 6.45) is 5.84. The van der Waals surface area contributed by atoms with Crippen LogP contribution in [0, 0.1) is 0 Å². The van der Waals surface area contributed by atoms with Crippen molar-refractivity contribution < 1.29 is 4.74 Å². The Bertz CT molecular complexity index is 655. The van der Waals surface area contributed by atoms with Crippen molar-refractivity contribution in [2.24, 2.45) is 4.99 Å². The average Bonchev–Trinajstić information content (AvgIpc) is 3.29. The second kappa shape index (κ2) is 10.3. The molecule has 0 saturated carbocycles. The van der Waals surface area contributed by atoms with Crippen molar-refractivity contribution in [2.75, 3.05) is 20.2 Å². The molecule has 1 unspecified atom stereocenters. The number of halogens is 1. The molecule has 136 valence electrons. The maximum absolute atomic E-state index is 5.62. The van der Waals surface area contributed by atoms with Gasteiger partial charge in [0.25, 0.3) is 0 Å². The number of hydrogen-bond acceptors (Lipinski definition) is 4. The van der Waals surface area contributed by atoms with E-state index in [1.807, 2.05) is 4.68 Å². The van der Waals surface area contributed by atoms with Crippen molar-refractivity contribution in [3.8, 4) is 0 Å². The van der Waals surface area contributed by atoms with E-state index in [0.29, 0.717) is 6.10 Å². The molecule has 1 aliphatic rings. The van der Waals surface area contributed by atoms with Crippen LogP contribution in [0.2, 0.25) is 0 Å². The van der Waals surface area contributed by atoms with Crippen molar-refractivity contribution in [3.05, 3.63) is 48.0 Å². The number of guanidine groups is 1. The van der Waals surface area contributed by atoms with E-state index in [-0.39, 0.29) is 24.0 Å². The third kappa shape index (κ3) is 6.28. The maximum Gasteiger partial charge on any atom is 0.191 e. The van der Waals surface area contributed by atoms with Crippen LogP contribution in [0.15, 0.2) is 41.9 Å². The molecule has 7 nitrogen and oxygen atoms in total. The molecule has 0 bridgehead atoms. The molecule has 25 heavy (non-hydrogen) atoms. The molecular formula is C17H25IN6O. The summed E-state index contributed by atoms with van der Waals surface area (Å²) in [6, 6.07) is 8.43. The third-order valence-electron chi connectivity index (χ3n) is 4.01. The predicted octanol–water partition coefficient (Wildman–Crippen LogP) is 1.79. The van der Waals surface area contributed by atoms with Gasteiger partial charge in [0.05, 0.1) is 12.6 Å². The number of benzene rings is 1. The fraction of sp³-hybridized carbons (Fsp3) is 0.471. The molecule has 1 aromatic carbocycles. The molecular weight excluding hydrogens is 431 g/mol. The van der Waals surface area contributed by atoms with Gasteiger partial charge < -0.3 is 15.4 Å². The summed E-state index contributed by atoms with van der Waals surface area (Å²) in [5.74, 6) is 0.798. The second-order valence-corrected chi connectivity index (χ2v) is 5.85. The number of aliphatic imine (C=N–C) groups is 1. The van der Waals surface area contributed by atoms with Crippen LogP contribution in [0.5, 0.6) is 0 Å². The summed E-state index contributed by atoms with van der Waals surface area (Å²) < 4.78 is 7.43. The van der Waals surface area contributed by atoms with Gasteiger partial charge >= 0.3 is 0 Å². The fourth-order valence-electron chi connectivity index (χ4n) is 2.76. The van der Waals surface area contributed by atoms with Gasteiger partial charge in [-0.2, -0.15) is 5.10 Å². The Morgan fingerprint density at radius 2 is 2.24 bits per heavy atom. The standard InChI is InChI=1S/C17H24N6O.HI/c1-18-17(21-10-16-6-3-7-24-16)20-9-14-4-2-5-15(8-14)11-23-13-19-12-22-23;/h2,4-5,8,12-13,16H,3,6-7,9-11H2,1H3,(H2,18,20,21);1H. The Balaban J connectivity index is 0.00000225. The van der Waals surface area contributed by atoms with Crippen molar-refractivity contribution in [1.29, 1.82) is 0 Å². The largest absolute Gasteiger partial charge is 0.376 e. The lowest BCUT2D eigenvalue weighted by atomic mass is 10.1. The maximum atomic E-state index is 5.62. The van der Waals surface area contributed by atoms with E-state index in [1.165, 1.54) is 11.1 Å². The number of ether oxygens (including phenoxy) is 1. The number of rotatable bonds is 6. The van der Waals surface area contributed by atoms with E-state index in [9.17, 15) is 0 Å². The lowest BCUT2D eigenvalue weighted by molar-refractivity contribution is 0.114. The first kappa shape index (κ1) is 19.6. The molecule has 1 aromatic heterocycles. The van der Waals surface area contributed by atoms with Gasteiger partial charge in [0.15, 0.2) is 5.96 Å². The van der Waals surface area contributed by atoms with E-state index >= 15 is 0 Å². The van der Waals surface area contributed by atoms with Crippen LogP contribution < -0.4 is 10.6 Å². The van der Waals surface area contributed by atoms with Crippen LogP contribution in [-0.2, 0) is 17.8 Å². The zero-order valence-corrected chi connectivity index (χ0v) is 16.7. The molecule has 1 saturated heterocycles. The lowest BCUT2D eigenvalue weighted by Crippen LogP contribution is -2.40. The number of nitrogens with one attached hydrogen (secondary N) is 2. The summed E-state index contributed by atoms with van der Waals surface area (Å²) in [4.78, 5) is 8.23. The van der Waals surface area contributed by atoms with Crippen LogP contribution in [0.3, 0.4) is 0 Å². The molecule has 2 N–H and O–H groups in total. The first-order valence-electron chi connectivity index (χ1n) is 8.30. The first-order chi connectivity index (χ1) is 11.8. The van der Waals surface area contributed by atoms with Gasteiger partial charge in [0, 0.05) is 26.7 Å². The van der Waals surface area contributed by atoms with Crippen LogP contribution >= 0.6 is 24.0 Å². The van der Waals surface area contributed by atoms with Crippen LogP contribution in [-0.4, -0.2) is 47.0 Å². The molecule has 0 spiro atoms. The second-order valence-electron chi connectivity index (χ2n) is 5.85. The highest BCUT2D eigenvalue weighted by Crippen LogP contribution is 2.10. The van der Waals surface area contributed by atoms with E-state index in [4.69, 9.17) is 4.74 Å². The minimum absolute atomic E-state index is 0. The highest BCUT2D eigenvalue weighted by atomic mass is 127. The topological polar surface area (TPSA) is 76.4 Å². The van der Waals surface area contributed by atoms with Gasteiger partial charge in [0.2, 0.25) is 0 Å². The normalized spacial score (nSPS) is 17.2. The molecule has 3 rings (SSSR count). The van der Waals surface area contributed by atoms with Crippen molar-refractivity contribution >= 4 is 29.9 Å². The Morgan fingerprint density at radius 3 is 2.96 bits per heavy atom. The lowest BCUT2D eigenvalue weighted by Gasteiger charge is -2.15. The van der Waals surface area contributed by atoms with Crippen LogP contribution in [0.25, 0.3) is 0 Å². The molecule has 1 atom stereocenters. The summed E-state index contributed by atoms with van der Waals surface area (Å²) in [5.41, 5.74) is 2.40. The molecule has 0 aliphatic carbocycles. The third-order valence-corrected chi connectivity index (χ3v) is 4.01. The van der Waals surface area contributed by atoms with Gasteiger partial charge in [-0.05, 0) is 24.0 Å². The van der Waals surface area contributed by atoms with Gasteiger partial charge in [-0.3, -0.25) is 4.99 Å². The number of nitrogens with zero attached hydrogens (tertiary/aromatic N) is 4. The molecule has 0 radical (unpaired) electrons. The minimum Gasteiger partial charge on any atom is -0.376 e. The zero-order chi connectivity index (χ0) is 16.6. The average molecular weight is 456 g/mol. The summed E-state index contributed by atoms with van der Waals surface area (Å²) in [7, 11) is 1.78. The van der Waals surface area contributed by atoms with E-state index < -0.39 is 0 Å². The molecule has 1 fully saturated rings. The predicted molar refractivity (Wildman–Crippen MR) is 108 cm³/mol. The Morgan fingerprint density at radius 1 is 1.36 bits per heavy atom. The molecule has 2 heterocycles. The van der Waals surface area contributed by atoms with Gasteiger partial charge in [-0.15, -0.1) is 24.0 Å². The Kier molecular flexibility index (Phi) is 8.13. The molecule has 2 aromatic rings. The van der Waals surface area contributed by atoms with Gasteiger partial charge in [-0.25, -0.2) is 9.67 Å². The smallest absolute Gasteiger partial charge is 0.191 e. The van der Waals surface area contributed by atoms with Gasteiger partial charge in [0.1, 0.15) is 12.7 Å². The van der Waals surface area contributed by atoms with Crippen molar-refractivity contribution in [1.82, 2.24) is 25.4 Å². The zero-order valence-electron chi connectivity index (χ0n) is 14.4.